The van der Waals surface area contributed by atoms with Crippen molar-refractivity contribution >= 4 is 11.6 Å². The van der Waals surface area contributed by atoms with Crippen LogP contribution in [0.2, 0.25) is 0 Å². The van der Waals surface area contributed by atoms with Crippen molar-refractivity contribution < 1.29 is 9.53 Å². The Hall–Kier alpha value is -2.29. The van der Waals surface area contributed by atoms with Gasteiger partial charge in [0.05, 0.1) is 5.41 Å². The molecule has 0 heterocycles. The summed E-state index contributed by atoms with van der Waals surface area (Å²) in [6.07, 6.45) is 2.17. The van der Waals surface area contributed by atoms with Crippen LogP contribution in [-0.4, -0.2) is 5.91 Å². The third kappa shape index (κ3) is 2.40. The smallest absolute Gasteiger partial charge is 0.230 e. The first kappa shape index (κ1) is 12.5. The number of carbonyl (C=O) groups excluding carboxylic acids is 1. The van der Waals surface area contributed by atoms with Gasteiger partial charge in [-0.3, -0.25) is 4.79 Å². The van der Waals surface area contributed by atoms with Gasteiger partial charge in [0.15, 0.2) is 0 Å². The molecule has 0 spiro atoms. The molecule has 1 N–H and O–H groups in total. The number of benzene rings is 2. The molecule has 0 aromatic heterocycles. The SMILES string of the molecule is O=C(Nc1ccc(COc2ccccc2)cc1)C12CC1C2. The molecule has 2 aromatic rings. The van der Waals surface area contributed by atoms with E-state index in [4.69, 9.17) is 4.74 Å². The normalized spacial score (nSPS) is 24.9. The quantitative estimate of drug-likeness (QED) is 0.908. The first-order chi connectivity index (χ1) is 10.3. The maximum absolute atomic E-state index is 12.0. The van der Waals surface area contributed by atoms with Crippen molar-refractivity contribution in [3.8, 4) is 5.75 Å². The number of nitrogens with one attached hydrogen (secondary N) is 1. The molecule has 21 heavy (non-hydrogen) atoms. The zero-order valence-corrected chi connectivity index (χ0v) is 11.7. The van der Waals surface area contributed by atoms with Gasteiger partial charge >= 0.3 is 0 Å². The summed E-state index contributed by atoms with van der Waals surface area (Å²) in [5.41, 5.74) is 1.98. The van der Waals surface area contributed by atoms with Crippen LogP contribution in [0.1, 0.15) is 18.4 Å². The van der Waals surface area contributed by atoms with E-state index in [1.807, 2.05) is 54.6 Å². The molecule has 1 amide bonds. The minimum Gasteiger partial charge on any atom is -0.489 e. The average Bonchev–Trinajstić information content (AvgIpc) is 3.37. The van der Waals surface area contributed by atoms with Crippen LogP contribution >= 0.6 is 0 Å². The lowest BCUT2D eigenvalue weighted by molar-refractivity contribution is -0.119. The van der Waals surface area contributed by atoms with Gasteiger partial charge in [0.2, 0.25) is 5.91 Å². The van der Waals surface area contributed by atoms with E-state index in [-0.39, 0.29) is 11.3 Å². The summed E-state index contributed by atoms with van der Waals surface area (Å²) in [5, 5.41) is 3.01. The highest BCUT2D eigenvalue weighted by Crippen LogP contribution is 2.75. The maximum Gasteiger partial charge on any atom is 0.230 e. The van der Waals surface area contributed by atoms with Gasteiger partial charge in [-0.2, -0.15) is 0 Å². The molecule has 0 radical (unpaired) electrons. The zero-order chi connectivity index (χ0) is 14.3. The van der Waals surface area contributed by atoms with Crippen molar-refractivity contribution in [1.29, 1.82) is 0 Å². The summed E-state index contributed by atoms with van der Waals surface area (Å²) in [6, 6.07) is 17.6. The molecule has 2 saturated carbocycles. The van der Waals surface area contributed by atoms with E-state index < -0.39 is 0 Å². The van der Waals surface area contributed by atoms with E-state index in [2.05, 4.69) is 5.32 Å². The second-order valence-corrected chi connectivity index (χ2v) is 6.01. The van der Waals surface area contributed by atoms with Gasteiger partial charge in [0.1, 0.15) is 12.4 Å². The molecule has 2 aliphatic carbocycles. The number of hydrogen-bond acceptors (Lipinski definition) is 2. The van der Waals surface area contributed by atoms with Crippen molar-refractivity contribution in [1.82, 2.24) is 0 Å². The van der Waals surface area contributed by atoms with Crippen LogP contribution in [-0.2, 0) is 11.4 Å². The van der Waals surface area contributed by atoms with Crippen molar-refractivity contribution in [2.45, 2.75) is 19.4 Å². The number of para-hydroxylation sites is 1. The lowest BCUT2D eigenvalue weighted by atomic mass is 10.2. The largest absolute Gasteiger partial charge is 0.489 e. The molecular formula is C18H17NO2. The molecule has 4 rings (SSSR count). The molecule has 0 bridgehead atoms. The van der Waals surface area contributed by atoms with Crippen LogP contribution in [0.3, 0.4) is 0 Å². The molecule has 3 nitrogen and oxygen atoms in total. The van der Waals surface area contributed by atoms with Gasteiger partial charge in [-0.05, 0) is 48.6 Å². The first-order valence-electron chi connectivity index (χ1n) is 7.34. The minimum absolute atomic E-state index is 0.0229. The molecule has 3 heteroatoms. The molecule has 2 aliphatic rings. The van der Waals surface area contributed by atoms with Gasteiger partial charge in [-0.1, -0.05) is 30.3 Å². The number of carbonyl (C=O) groups is 1. The Morgan fingerprint density at radius 3 is 2.38 bits per heavy atom. The number of rotatable bonds is 5. The highest BCUT2D eigenvalue weighted by atomic mass is 16.5. The van der Waals surface area contributed by atoms with Gasteiger partial charge < -0.3 is 10.1 Å². The summed E-state index contributed by atoms with van der Waals surface area (Å²) in [4.78, 5) is 12.0. The van der Waals surface area contributed by atoms with E-state index in [1.165, 1.54) is 0 Å². The highest BCUT2D eigenvalue weighted by molar-refractivity contribution is 6.00. The van der Waals surface area contributed by atoms with Gasteiger partial charge in [0.25, 0.3) is 0 Å². The predicted octanol–water partition coefficient (Wildman–Crippen LogP) is 3.61. The topological polar surface area (TPSA) is 38.3 Å². The molecule has 2 fully saturated rings. The van der Waals surface area contributed by atoms with Crippen LogP contribution in [0.15, 0.2) is 54.6 Å². The fraction of sp³-hybridized carbons (Fsp3) is 0.278. The van der Waals surface area contributed by atoms with E-state index in [0.29, 0.717) is 12.5 Å². The van der Waals surface area contributed by atoms with Crippen LogP contribution in [0.4, 0.5) is 5.69 Å². The van der Waals surface area contributed by atoms with Crippen molar-refractivity contribution in [3.05, 3.63) is 60.2 Å². The molecule has 0 aliphatic heterocycles. The Morgan fingerprint density at radius 2 is 1.76 bits per heavy atom. The van der Waals surface area contributed by atoms with Gasteiger partial charge in [-0.25, -0.2) is 0 Å². The van der Waals surface area contributed by atoms with Crippen LogP contribution in [0, 0.1) is 11.3 Å². The maximum atomic E-state index is 12.0. The van der Waals surface area contributed by atoms with Crippen molar-refractivity contribution in [3.63, 3.8) is 0 Å². The van der Waals surface area contributed by atoms with Gasteiger partial charge in [0, 0.05) is 5.69 Å². The summed E-state index contributed by atoms with van der Waals surface area (Å²) in [5.74, 6) is 1.74. The molecule has 0 saturated heterocycles. The second kappa shape index (κ2) is 4.62. The summed E-state index contributed by atoms with van der Waals surface area (Å²) in [7, 11) is 0. The van der Waals surface area contributed by atoms with Gasteiger partial charge in [-0.15, -0.1) is 0 Å². The minimum atomic E-state index is 0.0229. The molecule has 0 atom stereocenters. The number of fused-ring (bicyclic) bond motifs is 1. The third-order valence-corrected chi connectivity index (χ3v) is 4.50. The fourth-order valence-electron chi connectivity index (χ4n) is 2.70. The lowest BCUT2D eigenvalue weighted by Crippen LogP contribution is -2.17. The Kier molecular flexibility index (Phi) is 2.74. The number of hydrogen-bond donors (Lipinski definition) is 1. The van der Waals surface area contributed by atoms with Crippen molar-refractivity contribution in [2.75, 3.05) is 5.32 Å². The summed E-state index contributed by atoms with van der Waals surface area (Å²) < 4.78 is 5.70. The Morgan fingerprint density at radius 1 is 1.10 bits per heavy atom. The summed E-state index contributed by atoms with van der Waals surface area (Å²) >= 11 is 0. The monoisotopic (exact) mass is 279 g/mol. The van der Waals surface area contributed by atoms with Crippen LogP contribution in [0.5, 0.6) is 5.75 Å². The van der Waals surface area contributed by atoms with Crippen LogP contribution < -0.4 is 10.1 Å². The van der Waals surface area contributed by atoms with Crippen LogP contribution in [0.25, 0.3) is 0 Å². The Balaban J connectivity index is 1.34. The Bertz CT molecular complexity index is 657. The molecule has 0 unspecified atom stereocenters. The number of amides is 1. The first-order valence-corrected chi connectivity index (χ1v) is 7.34. The summed E-state index contributed by atoms with van der Waals surface area (Å²) in [6.45, 7) is 0.532. The third-order valence-electron chi connectivity index (χ3n) is 4.50. The number of anilines is 1. The van der Waals surface area contributed by atoms with E-state index in [0.717, 1.165) is 29.8 Å². The average molecular weight is 279 g/mol. The zero-order valence-electron chi connectivity index (χ0n) is 11.7. The van der Waals surface area contributed by atoms with E-state index in [1.54, 1.807) is 0 Å². The lowest BCUT2D eigenvalue weighted by Gasteiger charge is -2.09. The molecular weight excluding hydrogens is 262 g/mol. The fourth-order valence-corrected chi connectivity index (χ4v) is 2.70. The molecule has 2 aromatic carbocycles. The van der Waals surface area contributed by atoms with Crippen molar-refractivity contribution in [2.24, 2.45) is 11.3 Å². The predicted molar refractivity (Wildman–Crippen MR) is 81.0 cm³/mol. The standard InChI is InChI=1S/C18H17NO2/c20-17(18-10-14(18)11-18)19-15-8-6-13(7-9-15)12-21-16-4-2-1-3-5-16/h1-9,14H,10-12H2,(H,19,20). The van der Waals surface area contributed by atoms with E-state index in [9.17, 15) is 4.79 Å². The highest BCUT2D eigenvalue weighted by Gasteiger charge is 2.74. The molecule has 106 valence electrons. The van der Waals surface area contributed by atoms with E-state index >= 15 is 0 Å². The second-order valence-electron chi connectivity index (χ2n) is 6.01. The number of ether oxygens (including phenoxy) is 1. The Labute approximate surface area is 123 Å².